The van der Waals surface area contributed by atoms with Crippen LogP contribution in [0.5, 0.6) is 0 Å². The predicted octanol–water partition coefficient (Wildman–Crippen LogP) is 3.78. The number of sulfonamides is 1. The van der Waals surface area contributed by atoms with E-state index in [0.717, 1.165) is 16.7 Å². The third-order valence-electron chi connectivity index (χ3n) is 3.53. The van der Waals surface area contributed by atoms with Crippen molar-refractivity contribution in [3.8, 4) is 0 Å². The highest BCUT2D eigenvalue weighted by Gasteiger charge is 2.22. The lowest BCUT2D eigenvalue weighted by atomic mass is 10.0. The monoisotopic (exact) mass is 323 g/mol. The Morgan fingerprint density at radius 1 is 1.05 bits per heavy atom. The number of hydrogen-bond acceptors (Lipinski definition) is 2. The van der Waals surface area contributed by atoms with Gasteiger partial charge < -0.3 is 0 Å². The van der Waals surface area contributed by atoms with Gasteiger partial charge in [0.05, 0.1) is 4.90 Å². The fraction of sp³-hybridized carbons (Fsp3) is 0.250. The van der Waals surface area contributed by atoms with Crippen molar-refractivity contribution in [1.82, 2.24) is 4.31 Å². The number of benzene rings is 2. The molecule has 0 aliphatic rings. The highest BCUT2D eigenvalue weighted by Crippen LogP contribution is 2.22. The number of aryl methyl sites for hydroxylation is 2. The third-order valence-corrected chi connectivity index (χ3v) is 5.56. The summed E-state index contributed by atoms with van der Waals surface area (Å²) in [6.45, 7) is 4.32. The summed E-state index contributed by atoms with van der Waals surface area (Å²) in [5, 5.41) is 0.413. The molecule has 0 atom stereocenters. The second-order valence-corrected chi connectivity index (χ2v) is 7.57. The van der Waals surface area contributed by atoms with E-state index in [1.54, 1.807) is 25.2 Å². The normalized spacial score (nSPS) is 11.9. The van der Waals surface area contributed by atoms with E-state index in [0.29, 0.717) is 11.6 Å². The van der Waals surface area contributed by atoms with Crippen LogP contribution in [0, 0.1) is 13.8 Å². The van der Waals surface area contributed by atoms with Crippen LogP contribution in [0.2, 0.25) is 5.02 Å². The Bertz CT molecular complexity index is 736. The minimum absolute atomic E-state index is 0.212. The second kappa shape index (κ2) is 6.18. The van der Waals surface area contributed by atoms with Gasteiger partial charge in [-0.25, -0.2) is 8.42 Å². The van der Waals surface area contributed by atoms with Crippen molar-refractivity contribution in [3.05, 3.63) is 64.2 Å². The molecule has 0 unspecified atom stereocenters. The molecule has 0 bridgehead atoms. The molecule has 5 heteroatoms. The smallest absolute Gasteiger partial charge is 0.207 e. The van der Waals surface area contributed by atoms with Gasteiger partial charge in [-0.05, 0) is 48.7 Å². The van der Waals surface area contributed by atoms with Crippen molar-refractivity contribution in [2.45, 2.75) is 25.3 Å². The van der Waals surface area contributed by atoms with Gasteiger partial charge in [0.15, 0.2) is 0 Å². The van der Waals surface area contributed by atoms with Gasteiger partial charge in [0.25, 0.3) is 0 Å². The van der Waals surface area contributed by atoms with Gasteiger partial charge in [-0.15, -0.1) is 0 Å². The van der Waals surface area contributed by atoms with Crippen molar-refractivity contribution >= 4 is 21.6 Å². The van der Waals surface area contributed by atoms with Gasteiger partial charge in [-0.1, -0.05) is 35.9 Å². The van der Waals surface area contributed by atoms with Crippen LogP contribution in [0.25, 0.3) is 0 Å². The van der Waals surface area contributed by atoms with Gasteiger partial charge in [0, 0.05) is 18.6 Å². The molecule has 0 fully saturated rings. The molecule has 2 aromatic carbocycles. The summed E-state index contributed by atoms with van der Waals surface area (Å²) in [5.41, 5.74) is 3.21. The summed E-state index contributed by atoms with van der Waals surface area (Å²) in [6.07, 6.45) is 0. The average molecular weight is 324 g/mol. The molecular weight excluding hydrogens is 306 g/mol. The summed E-state index contributed by atoms with van der Waals surface area (Å²) in [4.78, 5) is 0.212. The van der Waals surface area contributed by atoms with Crippen LogP contribution in [0.3, 0.4) is 0 Å². The maximum absolute atomic E-state index is 12.6. The van der Waals surface area contributed by atoms with Crippen LogP contribution < -0.4 is 0 Å². The zero-order valence-electron chi connectivity index (χ0n) is 12.3. The molecule has 0 N–H and O–H groups in total. The van der Waals surface area contributed by atoms with Crippen molar-refractivity contribution in [1.29, 1.82) is 0 Å². The first-order chi connectivity index (χ1) is 9.82. The molecule has 21 heavy (non-hydrogen) atoms. The molecule has 0 spiro atoms. The molecule has 0 heterocycles. The maximum Gasteiger partial charge on any atom is 0.243 e. The minimum atomic E-state index is -3.54. The first-order valence-electron chi connectivity index (χ1n) is 6.59. The van der Waals surface area contributed by atoms with Crippen molar-refractivity contribution < 1.29 is 8.42 Å². The lowest BCUT2D eigenvalue weighted by Gasteiger charge is -2.20. The van der Waals surface area contributed by atoms with E-state index in [1.807, 2.05) is 32.0 Å². The summed E-state index contributed by atoms with van der Waals surface area (Å²) < 4.78 is 26.5. The number of hydrogen-bond donors (Lipinski definition) is 0. The van der Waals surface area contributed by atoms with Crippen LogP contribution in [0.15, 0.2) is 47.4 Å². The third kappa shape index (κ3) is 3.46. The van der Waals surface area contributed by atoms with Gasteiger partial charge in [0.1, 0.15) is 0 Å². The SMILES string of the molecule is Cc1cccc(C)c1CN(C)S(=O)(=O)c1cccc(Cl)c1. The van der Waals surface area contributed by atoms with E-state index in [9.17, 15) is 8.42 Å². The van der Waals surface area contributed by atoms with E-state index in [2.05, 4.69) is 0 Å². The Hall–Kier alpha value is -1.36. The van der Waals surface area contributed by atoms with Crippen LogP contribution in [0.1, 0.15) is 16.7 Å². The quantitative estimate of drug-likeness (QED) is 0.858. The Morgan fingerprint density at radius 3 is 2.19 bits per heavy atom. The number of halogens is 1. The first kappa shape index (κ1) is 16.0. The van der Waals surface area contributed by atoms with E-state index >= 15 is 0 Å². The van der Waals surface area contributed by atoms with Gasteiger partial charge in [-0.3, -0.25) is 0 Å². The molecule has 0 saturated carbocycles. The lowest BCUT2D eigenvalue weighted by Crippen LogP contribution is -2.27. The molecule has 0 aliphatic heterocycles. The number of nitrogens with zero attached hydrogens (tertiary/aromatic N) is 1. The summed E-state index contributed by atoms with van der Waals surface area (Å²) in [7, 11) is -1.96. The molecule has 0 saturated heterocycles. The standard InChI is InChI=1S/C16H18ClNO2S/c1-12-6-4-7-13(2)16(12)11-18(3)21(19,20)15-9-5-8-14(17)10-15/h4-10H,11H2,1-3H3. The maximum atomic E-state index is 12.6. The van der Waals surface area contributed by atoms with Crippen molar-refractivity contribution in [2.24, 2.45) is 0 Å². The second-order valence-electron chi connectivity index (χ2n) is 5.09. The van der Waals surface area contributed by atoms with Gasteiger partial charge >= 0.3 is 0 Å². The summed E-state index contributed by atoms with van der Waals surface area (Å²) >= 11 is 5.88. The number of rotatable bonds is 4. The van der Waals surface area contributed by atoms with E-state index in [4.69, 9.17) is 11.6 Å². The highest BCUT2D eigenvalue weighted by atomic mass is 35.5. The molecule has 3 nitrogen and oxygen atoms in total. The van der Waals surface area contributed by atoms with E-state index < -0.39 is 10.0 Å². The van der Waals surface area contributed by atoms with Crippen LogP contribution in [-0.2, 0) is 16.6 Å². The van der Waals surface area contributed by atoms with Crippen molar-refractivity contribution in [3.63, 3.8) is 0 Å². The van der Waals surface area contributed by atoms with Crippen molar-refractivity contribution in [2.75, 3.05) is 7.05 Å². The van der Waals surface area contributed by atoms with Gasteiger partial charge in [-0.2, -0.15) is 4.31 Å². The molecule has 112 valence electrons. The zero-order valence-corrected chi connectivity index (χ0v) is 13.9. The Kier molecular flexibility index (Phi) is 4.71. The van der Waals surface area contributed by atoms with Crippen LogP contribution in [-0.4, -0.2) is 19.8 Å². The Morgan fingerprint density at radius 2 is 1.62 bits per heavy atom. The minimum Gasteiger partial charge on any atom is -0.207 e. The molecular formula is C16H18ClNO2S. The fourth-order valence-corrected chi connectivity index (χ4v) is 3.65. The zero-order chi connectivity index (χ0) is 15.6. The highest BCUT2D eigenvalue weighted by molar-refractivity contribution is 7.89. The summed E-state index contributed by atoms with van der Waals surface area (Å²) in [6, 6.07) is 12.3. The molecule has 0 aliphatic carbocycles. The molecule has 2 aromatic rings. The average Bonchev–Trinajstić information content (AvgIpc) is 2.42. The van der Waals surface area contributed by atoms with E-state index in [1.165, 1.54) is 10.4 Å². The molecule has 0 aromatic heterocycles. The molecule has 0 amide bonds. The Balaban J connectivity index is 2.33. The molecule has 0 radical (unpaired) electrons. The first-order valence-corrected chi connectivity index (χ1v) is 8.41. The topological polar surface area (TPSA) is 37.4 Å². The van der Waals surface area contributed by atoms with Gasteiger partial charge in [0.2, 0.25) is 10.0 Å². The van der Waals surface area contributed by atoms with Crippen LogP contribution in [0.4, 0.5) is 0 Å². The predicted molar refractivity (Wildman–Crippen MR) is 86.0 cm³/mol. The molecule has 2 rings (SSSR count). The largest absolute Gasteiger partial charge is 0.243 e. The van der Waals surface area contributed by atoms with Crippen LogP contribution >= 0.6 is 11.6 Å². The van der Waals surface area contributed by atoms with E-state index in [-0.39, 0.29) is 4.90 Å². The fourth-order valence-electron chi connectivity index (χ4n) is 2.21. The lowest BCUT2D eigenvalue weighted by molar-refractivity contribution is 0.465. The Labute approximate surface area is 131 Å². The summed E-state index contributed by atoms with van der Waals surface area (Å²) in [5.74, 6) is 0.